The summed E-state index contributed by atoms with van der Waals surface area (Å²) in [5, 5.41) is 14.6. The highest BCUT2D eigenvalue weighted by Crippen LogP contribution is 2.15. The van der Waals surface area contributed by atoms with Gasteiger partial charge in [0, 0.05) is 29.9 Å². The van der Waals surface area contributed by atoms with Crippen LogP contribution >= 0.6 is 11.6 Å². The molecule has 1 fully saturated rings. The van der Waals surface area contributed by atoms with Crippen molar-refractivity contribution >= 4 is 17.5 Å². The maximum atomic E-state index is 12.6. The highest BCUT2D eigenvalue weighted by Gasteiger charge is 2.26. The summed E-state index contributed by atoms with van der Waals surface area (Å²) in [4.78, 5) is 26.4. The van der Waals surface area contributed by atoms with Crippen LogP contribution < -0.4 is 5.43 Å². The number of amides is 1. The number of piperidine rings is 1. The Hall–Kier alpha value is -2.18. The van der Waals surface area contributed by atoms with Crippen molar-refractivity contribution in [3.63, 3.8) is 0 Å². The lowest BCUT2D eigenvalue weighted by Gasteiger charge is -2.29. The van der Waals surface area contributed by atoms with Gasteiger partial charge >= 0.3 is 0 Å². The van der Waals surface area contributed by atoms with E-state index in [-0.39, 0.29) is 12.2 Å². The monoisotopic (exact) mass is 347 g/mol. The van der Waals surface area contributed by atoms with Gasteiger partial charge in [0.15, 0.2) is 5.69 Å². The number of carbonyl (C=O) groups excluding carboxylic acids is 1. The number of rotatable bonds is 2. The van der Waals surface area contributed by atoms with E-state index >= 15 is 0 Å². The summed E-state index contributed by atoms with van der Waals surface area (Å²) in [5.74, 6) is -0.443. The minimum atomic E-state index is -0.549. The van der Waals surface area contributed by atoms with E-state index in [4.69, 9.17) is 11.6 Å². The number of aliphatic hydroxyl groups is 1. The first-order valence-corrected chi connectivity index (χ1v) is 8.18. The summed E-state index contributed by atoms with van der Waals surface area (Å²) >= 11 is 5.90. The van der Waals surface area contributed by atoms with Gasteiger partial charge in [-0.05, 0) is 44.0 Å². The van der Waals surface area contributed by atoms with E-state index in [9.17, 15) is 14.7 Å². The van der Waals surface area contributed by atoms with E-state index in [1.54, 1.807) is 35.9 Å². The third-order valence-electron chi connectivity index (χ3n) is 4.06. The molecule has 0 saturated carbocycles. The van der Waals surface area contributed by atoms with Crippen LogP contribution in [0, 0.1) is 6.92 Å². The first-order valence-electron chi connectivity index (χ1n) is 7.80. The fourth-order valence-electron chi connectivity index (χ4n) is 2.83. The Morgan fingerprint density at radius 1 is 1.33 bits per heavy atom. The third-order valence-corrected chi connectivity index (χ3v) is 4.32. The Morgan fingerprint density at radius 2 is 2.04 bits per heavy atom. The summed E-state index contributed by atoms with van der Waals surface area (Å²) < 4.78 is 1.55. The van der Waals surface area contributed by atoms with Gasteiger partial charge in [-0.15, -0.1) is 0 Å². The predicted octanol–water partition coefficient (Wildman–Crippen LogP) is 1.79. The number of hydrogen-bond donors (Lipinski definition) is 1. The van der Waals surface area contributed by atoms with Crippen LogP contribution in [0.3, 0.4) is 0 Å². The second kappa shape index (κ2) is 6.75. The van der Waals surface area contributed by atoms with E-state index in [1.165, 1.54) is 11.0 Å². The molecule has 0 spiro atoms. The molecule has 6 nitrogen and oxygen atoms in total. The Bertz CT molecular complexity index is 817. The Balaban J connectivity index is 1.99. The van der Waals surface area contributed by atoms with Crippen LogP contribution in [0.1, 0.15) is 29.0 Å². The summed E-state index contributed by atoms with van der Waals surface area (Å²) in [6, 6.07) is 8.38. The van der Waals surface area contributed by atoms with Crippen LogP contribution in [0.5, 0.6) is 0 Å². The number of carbonyl (C=O) groups is 1. The minimum Gasteiger partial charge on any atom is -0.391 e. The fraction of sp³-hybridized carbons (Fsp3) is 0.353. The summed E-state index contributed by atoms with van der Waals surface area (Å²) in [7, 11) is 0. The van der Waals surface area contributed by atoms with Gasteiger partial charge in [-0.2, -0.15) is 5.10 Å². The molecule has 1 saturated heterocycles. The maximum absolute atomic E-state index is 12.6. The van der Waals surface area contributed by atoms with Crippen LogP contribution in [0.2, 0.25) is 5.02 Å². The molecule has 126 valence electrons. The van der Waals surface area contributed by atoms with Gasteiger partial charge in [0.2, 0.25) is 5.43 Å². The average Bonchev–Trinajstić information content (AvgIpc) is 2.55. The van der Waals surface area contributed by atoms with Gasteiger partial charge in [-0.25, -0.2) is 4.68 Å². The van der Waals surface area contributed by atoms with Crippen LogP contribution in [0.25, 0.3) is 5.69 Å². The van der Waals surface area contributed by atoms with E-state index in [1.807, 2.05) is 0 Å². The Kier molecular flexibility index (Phi) is 4.69. The van der Waals surface area contributed by atoms with Crippen molar-refractivity contribution in [2.24, 2.45) is 0 Å². The zero-order valence-electron chi connectivity index (χ0n) is 13.3. The van der Waals surface area contributed by atoms with Crippen molar-refractivity contribution in [3.05, 3.63) is 57.0 Å². The highest BCUT2D eigenvalue weighted by molar-refractivity contribution is 6.30. The Labute approximate surface area is 144 Å². The van der Waals surface area contributed by atoms with Gasteiger partial charge in [-0.1, -0.05) is 11.6 Å². The molecule has 0 bridgehead atoms. The molecule has 1 atom stereocenters. The largest absolute Gasteiger partial charge is 0.391 e. The standard InChI is InChI=1S/C17H18ClN3O3/c1-11-9-15(23)16(17(24)20-8-2-3-14(22)10-20)19-21(11)13-6-4-12(18)5-7-13/h4-7,9,14,22H,2-3,8,10H2,1H3. The molecular formula is C17H18ClN3O3. The lowest BCUT2D eigenvalue weighted by atomic mass is 10.1. The van der Waals surface area contributed by atoms with Gasteiger partial charge in [-0.3, -0.25) is 9.59 Å². The molecule has 1 N–H and O–H groups in total. The molecule has 1 unspecified atom stereocenters. The smallest absolute Gasteiger partial charge is 0.278 e. The average molecular weight is 348 g/mol. The molecular weight excluding hydrogens is 330 g/mol. The van der Waals surface area contributed by atoms with Crippen LogP contribution in [0.15, 0.2) is 35.1 Å². The summed E-state index contributed by atoms with van der Waals surface area (Å²) in [5.41, 5.74) is 0.787. The number of nitrogens with zero attached hydrogens (tertiary/aromatic N) is 3. The van der Waals surface area contributed by atoms with Gasteiger partial charge in [0.25, 0.3) is 5.91 Å². The molecule has 3 rings (SSSR count). The second-order valence-corrected chi connectivity index (χ2v) is 6.37. The SMILES string of the molecule is Cc1cc(=O)c(C(=O)N2CCCC(O)C2)nn1-c1ccc(Cl)cc1. The number of aromatic nitrogens is 2. The van der Waals surface area contributed by atoms with Crippen molar-refractivity contribution < 1.29 is 9.90 Å². The molecule has 0 radical (unpaired) electrons. The van der Waals surface area contributed by atoms with Crippen molar-refractivity contribution in [2.45, 2.75) is 25.9 Å². The predicted molar refractivity (Wildman–Crippen MR) is 90.7 cm³/mol. The number of aliphatic hydroxyl groups excluding tert-OH is 1. The normalized spacial score (nSPS) is 17.8. The van der Waals surface area contributed by atoms with Crippen LogP contribution in [-0.2, 0) is 0 Å². The topological polar surface area (TPSA) is 75.4 Å². The lowest BCUT2D eigenvalue weighted by molar-refractivity contribution is 0.0466. The zero-order valence-corrected chi connectivity index (χ0v) is 14.0. The quantitative estimate of drug-likeness (QED) is 0.898. The molecule has 1 amide bonds. The highest BCUT2D eigenvalue weighted by atomic mass is 35.5. The number of likely N-dealkylation sites (tertiary alicyclic amines) is 1. The van der Waals surface area contributed by atoms with Crippen molar-refractivity contribution in [1.82, 2.24) is 14.7 Å². The van der Waals surface area contributed by atoms with E-state index in [0.29, 0.717) is 35.8 Å². The molecule has 2 aromatic rings. The fourth-order valence-corrected chi connectivity index (χ4v) is 2.95. The first-order chi connectivity index (χ1) is 11.5. The van der Waals surface area contributed by atoms with E-state index in [2.05, 4.69) is 5.10 Å². The van der Waals surface area contributed by atoms with Crippen LogP contribution in [-0.4, -0.2) is 44.9 Å². The van der Waals surface area contributed by atoms with Gasteiger partial charge in [0.1, 0.15) is 0 Å². The number of hydrogen-bond acceptors (Lipinski definition) is 4. The summed E-state index contributed by atoms with van der Waals surface area (Å²) in [6.07, 6.45) is 0.830. The lowest BCUT2D eigenvalue weighted by Crippen LogP contribution is -2.44. The van der Waals surface area contributed by atoms with E-state index < -0.39 is 17.4 Å². The number of halogens is 1. The number of benzene rings is 1. The number of β-amino-alcohol motifs (C(OH)–C–C–N with tert-alkyl or cyclic N) is 1. The maximum Gasteiger partial charge on any atom is 0.278 e. The molecule has 1 aliphatic heterocycles. The third kappa shape index (κ3) is 3.34. The summed E-state index contributed by atoms with van der Waals surface area (Å²) in [6.45, 7) is 2.50. The minimum absolute atomic E-state index is 0.135. The first kappa shape index (κ1) is 16.7. The Morgan fingerprint density at radius 3 is 2.71 bits per heavy atom. The molecule has 7 heteroatoms. The molecule has 24 heavy (non-hydrogen) atoms. The molecule has 1 aromatic carbocycles. The van der Waals surface area contributed by atoms with Crippen LogP contribution in [0.4, 0.5) is 0 Å². The number of aryl methyl sites for hydroxylation is 1. The van der Waals surface area contributed by atoms with Crippen molar-refractivity contribution in [1.29, 1.82) is 0 Å². The van der Waals surface area contributed by atoms with Gasteiger partial charge < -0.3 is 10.0 Å². The zero-order chi connectivity index (χ0) is 17.3. The van der Waals surface area contributed by atoms with Gasteiger partial charge in [0.05, 0.1) is 11.8 Å². The second-order valence-electron chi connectivity index (χ2n) is 5.93. The molecule has 1 aliphatic rings. The van der Waals surface area contributed by atoms with E-state index in [0.717, 1.165) is 0 Å². The molecule has 2 heterocycles. The molecule has 0 aliphatic carbocycles. The van der Waals surface area contributed by atoms with Crippen molar-refractivity contribution in [2.75, 3.05) is 13.1 Å². The molecule has 1 aromatic heterocycles. The van der Waals surface area contributed by atoms with Crippen molar-refractivity contribution in [3.8, 4) is 5.69 Å².